The number of ether oxygens (including phenoxy) is 1. The zero-order chi connectivity index (χ0) is 17.3. The van der Waals surface area contributed by atoms with E-state index in [1.165, 1.54) is 19.2 Å². The van der Waals surface area contributed by atoms with Crippen LogP contribution in [0.5, 0.6) is 5.75 Å². The average Bonchev–Trinajstić information content (AvgIpc) is 3.15. The van der Waals surface area contributed by atoms with E-state index in [9.17, 15) is 4.79 Å². The van der Waals surface area contributed by atoms with Gasteiger partial charge in [-0.3, -0.25) is 4.79 Å². The number of nitrogens with zero attached hydrogens (tertiary/aromatic N) is 3. The number of piperidine rings is 1. The highest BCUT2D eigenvalue weighted by molar-refractivity contribution is 5.90. The minimum Gasteiger partial charge on any atom is -0.492 e. The second kappa shape index (κ2) is 9.17. The van der Waals surface area contributed by atoms with Gasteiger partial charge in [0.2, 0.25) is 5.91 Å². The minimum atomic E-state index is 0.0679. The smallest absolute Gasteiger partial charge is 0.224 e. The van der Waals surface area contributed by atoms with E-state index in [1.54, 1.807) is 11.0 Å². The van der Waals surface area contributed by atoms with Gasteiger partial charge in [0.05, 0.1) is 6.54 Å². The van der Waals surface area contributed by atoms with Gasteiger partial charge in [-0.15, -0.1) is 0 Å². The first-order valence-corrected chi connectivity index (χ1v) is 8.85. The fraction of sp³-hybridized carbons (Fsp3) is 0.500. The summed E-state index contributed by atoms with van der Waals surface area (Å²) in [6.45, 7) is 3.27. The molecule has 7 nitrogen and oxygen atoms in total. The third-order valence-electron chi connectivity index (χ3n) is 4.41. The summed E-state index contributed by atoms with van der Waals surface area (Å²) in [6.07, 6.45) is 7.02. The number of hydrogen-bond acceptors (Lipinski definition) is 5. The van der Waals surface area contributed by atoms with Crippen LogP contribution in [-0.4, -0.2) is 40.4 Å². The zero-order valence-corrected chi connectivity index (χ0v) is 14.4. The lowest BCUT2D eigenvalue weighted by Gasteiger charge is -2.22. The molecule has 1 aromatic carbocycles. The van der Waals surface area contributed by atoms with Gasteiger partial charge >= 0.3 is 0 Å². The summed E-state index contributed by atoms with van der Waals surface area (Å²) in [4.78, 5) is 16.0. The molecular formula is C18H25N5O2. The average molecular weight is 343 g/mol. The Balaban J connectivity index is 1.41. The SMILES string of the molecule is O=C(CCC1CCNCC1)Nc1cccc(OCCn2cncn2)c1. The van der Waals surface area contributed by atoms with E-state index < -0.39 is 0 Å². The zero-order valence-electron chi connectivity index (χ0n) is 14.4. The van der Waals surface area contributed by atoms with Crippen molar-refractivity contribution in [3.63, 3.8) is 0 Å². The fourth-order valence-corrected chi connectivity index (χ4v) is 3.00. The molecule has 1 aliphatic rings. The van der Waals surface area contributed by atoms with Crippen LogP contribution in [0, 0.1) is 5.92 Å². The monoisotopic (exact) mass is 343 g/mol. The Labute approximate surface area is 147 Å². The number of amides is 1. The Morgan fingerprint density at radius 2 is 2.24 bits per heavy atom. The van der Waals surface area contributed by atoms with Crippen molar-refractivity contribution in [2.75, 3.05) is 25.0 Å². The number of rotatable bonds is 8. The highest BCUT2D eigenvalue weighted by atomic mass is 16.5. The van der Waals surface area contributed by atoms with Crippen molar-refractivity contribution in [1.29, 1.82) is 0 Å². The minimum absolute atomic E-state index is 0.0679. The molecule has 7 heteroatoms. The molecule has 0 spiro atoms. The number of nitrogens with one attached hydrogen (secondary N) is 2. The molecule has 2 heterocycles. The largest absolute Gasteiger partial charge is 0.492 e. The standard InChI is InChI=1S/C18H25N5O2/c24-18(5-4-15-6-8-19-9-7-15)22-16-2-1-3-17(12-16)25-11-10-23-14-20-13-21-23/h1-3,12-15,19H,4-11H2,(H,22,24). The summed E-state index contributed by atoms with van der Waals surface area (Å²) in [7, 11) is 0. The highest BCUT2D eigenvalue weighted by Crippen LogP contribution is 2.20. The molecule has 0 saturated carbocycles. The quantitative estimate of drug-likeness (QED) is 0.767. The lowest BCUT2D eigenvalue weighted by Crippen LogP contribution is -2.28. The van der Waals surface area contributed by atoms with Crippen LogP contribution in [0.4, 0.5) is 5.69 Å². The predicted molar refractivity (Wildman–Crippen MR) is 95.4 cm³/mol. The number of anilines is 1. The molecule has 3 rings (SSSR count). The van der Waals surface area contributed by atoms with E-state index in [-0.39, 0.29) is 5.91 Å². The van der Waals surface area contributed by atoms with Crippen molar-refractivity contribution in [3.8, 4) is 5.75 Å². The van der Waals surface area contributed by atoms with Crippen molar-refractivity contribution in [2.45, 2.75) is 32.2 Å². The Morgan fingerprint density at radius 3 is 3.04 bits per heavy atom. The van der Waals surface area contributed by atoms with Crippen LogP contribution >= 0.6 is 0 Å². The summed E-state index contributed by atoms with van der Waals surface area (Å²) in [5.74, 6) is 1.47. The van der Waals surface area contributed by atoms with Gasteiger partial charge in [-0.2, -0.15) is 5.10 Å². The van der Waals surface area contributed by atoms with Gasteiger partial charge in [0.15, 0.2) is 0 Å². The first-order chi connectivity index (χ1) is 12.3. The lowest BCUT2D eigenvalue weighted by atomic mass is 9.93. The normalized spacial score (nSPS) is 15.0. The molecule has 1 aromatic heterocycles. The van der Waals surface area contributed by atoms with Crippen LogP contribution < -0.4 is 15.4 Å². The third kappa shape index (κ3) is 5.86. The Kier molecular flexibility index (Phi) is 6.39. The van der Waals surface area contributed by atoms with E-state index in [0.29, 0.717) is 25.5 Å². The first kappa shape index (κ1) is 17.4. The molecule has 0 aliphatic carbocycles. The maximum absolute atomic E-state index is 12.1. The van der Waals surface area contributed by atoms with Crippen LogP contribution in [0.3, 0.4) is 0 Å². The fourth-order valence-electron chi connectivity index (χ4n) is 3.00. The van der Waals surface area contributed by atoms with E-state index in [2.05, 4.69) is 20.7 Å². The molecule has 0 unspecified atom stereocenters. The second-order valence-corrected chi connectivity index (χ2v) is 6.32. The van der Waals surface area contributed by atoms with E-state index in [1.807, 2.05) is 24.3 Å². The summed E-state index contributed by atoms with van der Waals surface area (Å²) in [5.41, 5.74) is 0.772. The van der Waals surface area contributed by atoms with Crippen LogP contribution in [0.1, 0.15) is 25.7 Å². The molecule has 1 fully saturated rings. The maximum atomic E-state index is 12.1. The van der Waals surface area contributed by atoms with Gasteiger partial charge < -0.3 is 15.4 Å². The van der Waals surface area contributed by atoms with Crippen LogP contribution in [0.15, 0.2) is 36.9 Å². The number of benzene rings is 1. The summed E-state index contributed by atoms with van der Waals surface area (Å²) >= 11 is 0. The molecule has 0 radical (unpaired) electrons. The van der Waals surface area contributed by atoms with Gasteiger partial charge in [0, 0.05) is 18.2 Å². The molecule has 1 saturated heterocycles. The third-order valence-corrected chi connectivity index (χ3v) is 4.41. The maximum Gasteiger partial charge on any atom is 0.224 e. The lowest BCUT2D eigenvalue weighted by molar-refractivity contribution is -0.116. The number of carbonyl (C=O) groups excluding carboxylic acids is 1. The first-order valence-electron chi connectivity index (χ1n) is 8.85. The molecule has 2 N–H and O–H groups in total. The van der Waals surface area contributed by atoms with Crippen molar-refractivity contribution in [2.24, 2.45) is 5.92 Å². The molecule has 25 heavy (non-hydrogen) atoms. The van der Waals surface area contributed by atoms with E-state index >= 15 is 0 Å². The molecule has 1 amide bonds. The summed E-state index contributed by atoms with van der Waals surface area (Å²) in [6, 6.07) is 7.50. The Morgan fingerprint density at radius 1 is 1.36 bits per heavy atom. The second-order valence-electron chi connectivity index (χ2n) is 6.32. The van der Waals surface area contributed by atoms with Crippen LogP contribution in [0.25, 0.3) is 0 Å². The predicted octanol–water partition coefficient (Wildman–Crippen LogP) is 2.08. The van der Waals surface area contributed by atoms with Crippen molar-refractivity contribution in [3.05, 3.63) is 36.9 Å². The molecule has 0 bridgehead atoms. The van der Waals surface area contributed by atoms with Gasteiger partial charge in [0.1, 0.15) is 25.0 Å². The van der Waals surface area contributed by atoms with Gasteiger partial charge in [-0.25, -0.2) is 9.67 Å². The van der Waals surface area contributed by atoms with E-state index in [0.717, 1.165) is 30.9 Å². The Hall–Kier alpha value is -2.41. The summed E-state index contributed by atoms with van der Waals surface area (Å²) in [5, 5.41) is 10.3. The number of carbonyl (C=O) groups is 1. The van der Waals surface area contributed by atoms with E-state index in [4.69, 9.17) is 4.74 Å². The van der Waals surface area contributed by atoms with Crippen molar-refractivity contribution in [1.82, 2.24) is 20.1 Å². The molecule has 134 valence electrons. The van der Waals surface area contributed by atoms with Crippen molar-refractivity contribution >= 4 is 11.6 Å². The molecular weight excluding hydrogens is 318 g/mol. The molecule has 2 aromatic rings. The van der Waals surface area contributed by atoms with Crippen LogP contribution in [0.2, 0.25) is 0 Å². The number of hydrogen-bond donors (Lipinski definition) is 2. The summed E-state index contributed by atoms with van der Waals surface area (Å²) < 4.78 is 7.42. The molecule has 0 atom stereocenters. The van der Waals surface area contributed by atoms with Crippen LogP contribution in [-0.2, 0) is 11.3 Å². The number of aromatic nitrogens is 3. The molecule has 1 aliphatic heterocycles. The van der Waals surface area contributed by atoms with Crippen molar-refractivity contribution < 1.29 is 9.53 Å². The van der Waals surface area contributed by atoms with Gasteiger partial charge in [-0.05, 0) is 50.4 Å². The van der Waals surface area contributed by atoms with Gasteiger partial charge in [0.25, 0.3) is 0 Å². The highest BCUT2D eigenvalue weighted by Gasteiger charge is 2.14. The Bertz CT molecular complexity index is 653. The van der Waals surface area contributed by atoms with Gasteiger partial charge in [-0.1, -0.05) is 6.07 Å². The topological polar surface area (TPSA) is 81.1 Å².